The maximum atomic E-state index is 12.8. The zero-order chi connectivity index (χ0) is 21.3. The van der Waals surface area contributed by atoms with Crippen LogP contribution >= 0.6 is 0 Å². The molecule has 1 fully saturated rings. The number of carbonyl (C=O) groups is 1. The van der Waals surface area contributed by atoms with Gasteiger partial charge in [-0.05, 0) is 43.5 Å². The lowest BCUT2D eigenvalue weighted by Gasteiger charge is -2.35. The van der Waals surface area contributed by atoms with Gasteiger partial charge in [-0.1, -0.05) is 20.8 Å². The van der Waals surface area contributed by atoms with Crippen molar-refractivity contribution in [2.24, 2.45) is 18.4 Å². The van der Waals surface area contributed by atoms with Crippen molar-refractivity contribution in [2.75, 3.05) is 25.0 Å². The predicted molar refractivity (Wildman–Crippen MR) is 119 cm³/mol. The lowest BCUT2D eigenvalue weighted by atomic mass is 9.91. The summed E-state index contributed by atoms with van der Waals surface area (Å²) in [6.07, 6.45) is 7.27. The van der Waals surface area contributed by atoms with Crippen molar-refractivity contribution < 1.29 is 4.79 Å². The molecule has 1 amide bonds. The smallest absolute Gasteiger partial charge is 0.228 e. The maximum Gasteiger partial charge on any atom is 0.228 e. The summed E-state index contributed by atoms with van der Waals surface area (Å²) >= 11 is 0. The first-order valence-electron chi connectivity index (χ1n) is 10.6. The number of likely N-dealkylation sites (tertiary alicyclic amines) is 1. The molecule has 0 aliphatic carbocycles. The third-order valence-electron chi connectivity index (χ3n) is 5.48. The standard InChI is InChI=1S/C23H30N6O/c1-23(2,3)15-29-9-7-16(8-10-29)22(30)27-21-11-20-17(12-24-21)5-6-19(26-20)18-13-25-28(4)14-18/h5-6,11-14,16H,7-10,15H2,1-4H3,(H,24,27,30). The number of fused-ring (bicyclic) bond motifs is 1. The average molecular weight is 407 g/mol. The Morgan fingerprint density at radius 3 is 2.63 bits per heavy atom. The normalized spacial score (nSPS) is 16.1. The van der Waals surface area contributed by atoms with E-state index in [9.17, 15) is 4.79 Å². The van der Waals surface area contributed by atoms with Crippen LogP contribution in [0.5, 0.6) is 0 Å². The number of carbonyl (C=O) groups excluding carboxylic acids is 1. The number of amides is 1. The van der Waals surface area contributed by atoms with Crippen LogP contribution in [0.3, 0.4) is 0 Å². The first-order valence-corrected chi connectivity index (χ1v) is 10.6. The summed E-state index contributed by atoms with van der Waals surface area (Å²) in [7, 11) is 1.88. The fraction of sp³-hybridized carbons (Fsp3) is 0.478. The van der Waals surface area contributed by atoms with Crippen LogP contribution in [-0.4, -0.2) is 50.2 Å². The van der Waals surface area contributed by atoms with Crippen molar-refractivity contribution in [2.45, 2.75) is 33.6 Å². The van der Waals surface area contributed by atoms with Crippen LogP contribution in [0.25, 0.3) is 22.2 Å². The molecule has 3 aromatic rings. The second kappa shape index (κ2) is 8.14. The summed E-state index contributed by atoms with van der Waals surface area (Å²) in [5.41, 5.74) is 2.90. The minimum absolute atomic E-state index is 0.0356. The van der Waals surface area contributed by atoms with E-state index >= 15 is 0 Å². The number of nitrogens with one attached hydrogen (secondary N) is 1. The zero-order valence-corrected chi connectivity index (χ0v) is 18.2. The second-order valence-corrected chi connectivity index (χ2v) is 9.46. The van der Waals surface area contributed by atoms with Gasteiger partial charge in [-0.2, -0.15) is 5.10 Å². The number of hydrogen-bond donors (Lipinski definition) is 1. The van der Waals surface area contributed by atoms with E-state index in [4.69, 9.17) is 4.98 Å². The Labute approximate surface area is 177 Å². The Morgan fingerprint density at radius 1 is 1.20 bits per heavy atom. The van der Waals surface area contributed by atoms with Gasteiger partial charge in [-0.15, -0.1) is 0 Å². The Balaban J connectivity index is 1.43. The fourth-order valence-corrected chi connectivity index (χ4v) is 4.05. The van der Waals surface area contributed by atoms with E-state index in [1.165, 1.54) is 0 Å². The lowest BCUT2D eigenvalue weighted by Crippen LogP contribution is -2.41. The predicted octanol–water partition coefficient (Wildman–Crippen LogP) is 3.73. The Morgan fingerprint density at radius 2 is 1.97 bits per heavy atom. The Hall–Kier alpha value is -2.80. The van der Waals surface area contributed by atoms with Crippen LogP contribution in [0.2, 0.25) is 0 Å². The molecular formula is C23H30N6O. The molecule has 3 aromatic heterocycles. The number of hydrogen-bond acceptors (Lipinski definition) is 5. The van der Waals surface area contributed by atoms with Crippen LogP contribution in [0.1, 0.15) is 33.6 Å². The van der Waals surface area contributed by atoms with Crippen LogP contribution in [-0.2, 0) is 11.8 Å². The van der Waals surface area contributed by atoms with E-state index in [1.807, 2.05) is 31.4 Å². The molecule has 158 valence electrons. The van der Waals surface area contributed by atoms with Gasteiger partial charge >= 0.3 is 0 Å². The van der Waals surface area contributed by atoms with Crippen molar-refractivity contribution in [3.8, 4) is 11.3 Å². The molecule has 0 atom stereocenters. The molecule has 1 saturated heterocycles. The van der Waals surface area contributed by atoms with E-state index in [2.05, 4.69) is 41.1 Å². The highest BCUT2D eigenvalue weighted by Gasteiger charge is 2.27. The molecule has 0 saturated carbocycles. The molecule has 1 aliphatic heterocycles. The minimum atomic E-state index is 0.0356. The number of anilines is 1. The van der Waals surface area contributed by atoms with Gasteiger partial charge in [-0.3, -0.25) is 9.48 Å². The van der Waals surface area contributed by atoms with Gasteiger partial charge in [0.05, 0.1) is 17.4 Å². The van der Waals surface area contributed by atoms with E-state index in [0.29, 0.717) is 5.82 Å². The van der Waals surface area contributed by atoms with E-state index in [1.54, 1.807) is 17.1 Å². The summed E-state index contributed by atoms with van der Waals surface area (Å²) in [6.45, 7) is 9.77. The van der Waals surface area contributed by atoms with Gasteiger partial charge in [0.1, 0.15) is 5.82 Å². The van der Waals surface area contributed by atoms with Crippen LogP contribution in [0.4, 0.5) is 5.82 Å². The topological polar surface area (TPSA) is 75.9 Å². The van der Waals surface area contributed by atoms with Gasteiger partial charge in [0.2, 0.25) is 5.91 Å². The maximum absolute atomic E-state index is 12.8. The van der Waals surface area contributed by atoms with Gasteiger partial charge in [0, 0.05) is 48.9 Å². The number of rotatable bonds is 4. The van der Waals surface area contributed by atoms with Crippen LogP contribution < -0.4 is 5.32 Å². The number of nitrogens with zero attached hydrogens (tertiary/aromatic N) is 5. The number of pyridine rings is 2. The van der Waals surface area contributed by atoms with Crippen molar-refractivity contribution >= 4 is 22.6 Å². The molecule has 0 spiro atoms. The first kappa shape index (κ1) is 20.5. The average Bonchev–Trinajstić information content (AvgIpc) is 3.13. The minimum Gasteiger partial charge on any atom is -0.310 e. The van der Waals surface area contributed by atoms with Gasteiger partial charge < -0.3 is 10.2 Å². The third kappa shape index (κ3) is 4.84. The number of aromatic nitrogens is 4. The highest BCUT2D eigenvalue weighted by atomic mass is 16.1. The highest BCUT2D eigenvalue weighted by Crippen LogP contribution is 2.25. The van der Waals surface area contributed by atoms with Crippen molar-refractivity contribution in [1.82, 2.24) is 24.6 Å². The van der Waals surface area contributed by atoms with Gasteiger partial charge in [0.15, 0.2) is 0 Å². The summed E-state index contributed by atoms with van der Waals surface area (Å²) in [4.78, 5) is 24.4. The van der Waals surface area contributed by atoms with Crippen molar-refractivity contribution in [3.63, 3.8) is 0 Å². The molecule has 0 bridgehead atoms. The number of aryl methyl sites for hydroxylation is 1. The first-order chi connectivity index (χ1) is 14.3. The van der Waals surface area contributed by atoms with Crippen molar-refractivity contribution in [1.29, 1.82) is 0 Å². The van der Waals surface area contributed by atoms with Crippen LogP contribution in [0, 0.1) is 11.3 Å². The monoisotopic (exact) mass is 406 g/mol. The lowest BCUT2D eigenvalue weighted by molar-refractivity contribution is -0.121. The quantitative estimate of drug-likeness (QED) is 0.715. The molecule has 4 heterocycles. The summed E-state index contributed by atoms with van der Waals surface area (Å²) in [5.74, 6) is 0.648. The molecule has 7 heteroatoms. The Kier molecular flexibility index (Phi) is 5.56. The summed E-state index contributed by atoms with van der Waals surface area (Å²) in [5, 5.41) is 8.16. The molecular weight excluding hydrogens is 376 g/mol. The summed E-state index contributed by atoms with van der Waals surface area (Å²) < 4.78 is 1.76. The largest absolute Gasteiger partial charge is 0.310 e. The van der Waals surface area contributed by atoms with Crippen molar-refractivity contribution in [3.05, 3.63) is 36.8 Å². The van der Waals surface area contributed by atoms with E-state index in [0.717, 1.165) is 54.6 Å². The second-order valence-electron chi connectivity index (χ2n) is 9.46. The Bertz CT molecular complexity index is 1040. The highest BCUT2D eigenvalue weighted by molar-refractivity contribution is 5.93. The number of piperidine rings is 1. The molecule has 7 nitrogen and oxygen atoms in total. The van der Waals surface area contributed by atoms with Gasteiger partial charge in [0.25, 0.3) is 0 Å². The molecule has 0 aromatic carbocycles. The summed E-state index contributed by atoms with van der Waals surface area (Å²) in [6, 6.07) is 5.81. The van der Waals surface area contributed by atoms with Gasteiger partial charge in [-0.25, -0.2) is 9.97 Å². The molecule has 4 rings (SSSR count). The molecule has 30 heavy (non-hydrogen) atoms. The molecule has 1 N–H and O–H groups in total. The van der Waals surface area contributed by atoms with E-state index < -0.39 is 0 Å². The van der Waals surface area contributed by atoms with Crippen LogP contribution in [0.15, 0.2) is 36.8 Å². The molecule has 0 radical (unpaired) electrons. The molecule has 0 unspecified atom stereocenters. The zero-order valence-electron chi connectivity index (χ0n) is 18.2. The fourth-order valence-electron chi connectivity index (χ4n) is 4.05. The molecule has 1 aliphatic rings. The third-order valence-corrected chi connectivity index (χ3v) is 5.48. The SMILES string of the molecule is Cn1cc(-c2ccc3cnc(NC(=O)C4CCN(CC(C)(C)C)CC4)cc3n2)cn1. The van der Waals surface area contributed by atoms with E-state index in [-0.39, 0.29) is 17.2 Å².